The smallest absolute Gasteiger partial charge is 0.304 e. The Morgan fingerprint density at radius 2 is 2.00 bits per heavy atom. The standard InChI is InChI=1S/C16H25FN2O2/c1-5-8-18-12(4)14(11(2)3)9-13-6-7-16(19(20)21)15(17)10-13/h6-7,10-12,14,18H,5,8-9H2,1-4H3. The molecule has 0 aromatic heterocycles. The fraction of sp³-hybridized carbons (Fsp3) is 0.625. The molecule has 5 heteroatoms. The predicted octanol–water partition coefficient (Wildman–Crippen LogP) is 3.94. The summed E-state index contributed by atoms with van der Waals surface area (Å²) in [6.07, 6.45) is 1.78. The summed E-state index contributed by atoms with van der Waals surface area (Å²) in [6, 6.07) is 4.53. The molecule has 1 rings (SSSR count). The average Bonchev–Trinajstić information content (AvgIpc) is 2.41. The van der Waals surface area contributed by atoms with Crippen molar-refractivity contribution in [1.29, 1.82) is 0 Å². The van der Waals surface area contributed by atoms with Crippen LogP contribution in [0.5, 0.6) is 0 Å². The number of hydrogen-bond acceptors (Lipinski definition) is 3. The van der Waals surface area contributed by atoms with Crippen LogP contribution < -0.4 is 5.32 Å². The van der Waals surface area contributed by atoms with E-state index in [4.69, 9.17) is 0 Å². The van der Waals surface area contributed by atoms with E-state index < -0.39 is 16.4 Å². The minimum atomic E-state index is -0.755. The zero-order valence-electron chi connectivity index (χ0n) is 13.2. The maximum absolute atomic E-state index is 13.7. The molecule has 0 heterocycles. The molecule has 118 valence electrons. The minimum absolute atomic E-state index is 0.322. The van der Waals surface area contributed by atoms with Crippen molar-refractivity contribution in [3.8, 4) is 0 Å². The van der Waals surface area contributed by atoms with Crippen LogP contribution in [0.1, 0.15) is 39.7 Å². The number of benzene rings is 1. The first-order valence-corrected chi connectivity index (χ1v) is 7.53. The quantitative estimate of drug-likeness (QED) is 0.584. The third-order valence-corrected chi connectivity index (χ3v) is 3.90. The van der Waals surface area contributed by atoms with Crippen LogP contribution in [0.3, 0.4) is 0 Å². The molecule has 0 aliphatic carbocycles. The Kier molecular flexibility index (Phi) is 6.75. The van der Waals surface area contributed by atoms with E-state index >= 15 is 0 Å². The molecular formula is C16H25FN2O2. The Hall–Kier alpha value is -1.49. The van der Waals surface area contributed by atoms with Crippen LogP contribution >= 0.6 is 0 Å². The van der Waals surface area contributed by atoms with Crippen molar-refractivity contribution in [1.82, 2.24) is 5.32 Å². The van der Waals surface area contributed by atoms with E-state index in [9.17, 15) is 14.5 Å². The van der Waals surface area contributed by atoms with Crippen molar-refractivity contribution >= 4 is 5.69 Å². The molecule has 0 fully saturated rings. The van der Waals surface area contributed by atoms with Crippen molar-refractivity contribution in [2.24, 2.45) is 11.8 Å². The van der Waals surface area contributed by atoms with Crippen LogP contribution in [0.4, 0.5) is 10.1 Å². The molecule has 0 radical (unpaired) electrons. The second-order valence-corrected chi connectivity index (χ2v) is 5.90. The zero-order chi connectivity index (χ0) is 16.0. The van der Waals surface area contributed by atoms with Crippen LogP contribution in [-0.2, 0) is 6.42 Å². The highest BCUT2D eigenvalue weighted by Crippen LogP contribution is 2.24. The van der Waals surface area contributed by atoms with Crippen molar-refractivity contribution in [3.63, 3.8) is 0 Å². The van der Waals surface area contributed by atoms with Crippen LogP contribution in [-0.4, -0.2) is 17.5 Å². The first kappa shape index (κ1) is 17.6. The Morgan fingerprint density at radius 3 is 2.48 bits per heavy atom. The van der Waals surface area contributed by atoms with E-state index in [1.807, 2.05) is 0 Å². The molecule has 0 saturated heterocycles. The molecule has 21 heavy (non-hydrogen) atoms. The predicted molar refractivity (Wildman–Crippen MR) is 82.8 cm³/mol. The fourth-order valence-corrected chi connectivity index (χ4v) is 2.61. The highest BCUT2D eigenvalue weighted by Gasteiger charge is 2.22. The number of rotatable bonds is 8. The average molecular weight is 296 g/mol. The molecule has 0 spiro atoms. The minimum Gasteiger partial charge on any atom is -0.314 e. The highest BCUT2D eigenvalue weighted by molar-refractivity contribution is 5.35. The molecule has 2 atom stereocenters. The zero-order valence-corrected chi connectivity index (χ0v) is 13.2. The number of nitro groups is 1. The molecule has 2 unspecified atom stereocenters. The van der Waals surface area contributed by atoms with Gasteiger partial charge in [0.05, 0.1) is 4.92 Å². The van der Waals surface area contributed by atoms with Gasteiger partial charge in [-0.05, 0) is 49.8 Å². The van der Waals surface area contributed by atoms with E-state index in [0.717, 1.165) is 18.5 Å². The van der Waals surface area contributed by atoms with Crippen LogP contribution in [0.15, 0.2) is 18.2 Å². The van der Waals surface area contributed by atoms with Gasteiger partial charge in [0.15, 0.2) is 0 Å². The second kappa shape index (κ2) is 8.08. The third-order valence-electron chi connectivity index (χ3n) is 3.90. The summed E-state index contributed by atoms with van der Waals surface area (Å²) < 4.78 is 13.7. The molecule has 0 aliphatic rings. The molecule has 0 amide bonds. The van der Waals surface area contributed by atoms with Gasteiger partial charge in [-0.1, -0.05) is 26.8 Å². The molecule has 0 saturated carbocycles. The van der Waals surface area contributed by atoms with Gasteiger partial charge in [0.2, 0.25) is 5.82 Å². The van der Waals surface area contributed by atoms with Crippen LogP contribution in [0.25, 0.3) is 0 Å². The molecule has 4 nitrogen and oxygen atoms in total. The molecule has 1 aromatic rings. The molecule has 1 N–H and O–H groups in total. The number of hydrogen-bond donors (Lipinski definition) is 1. The molecular weight excluding hydrogens is 271 g/mol. The van der Waals surface area contributed by atoms with Crippen molar-refractivity contribution in [2.45, 2.75) is 46.6 Å². The van der Waals surface area contributed by atoms with Crippen molar-refractivity contribution in [2.75, 3.05) is 6.54 Å². The van der Waals surface area contributed by atoms with Crippen LogP contribution in [0.2, 0.25) is 0 Å². The maximum atomic E-state index is 13.7. The number of nitrogens with one attached hydrogen (secondary N) is 1. The van der Waals surface area contributed by atoms with Gasteiger partial charge in [0.25, 0.3) is 0 Å². The van der Waals surface area contributed by atoms with E-state index in [-0.39, 0.29) is 0 Å². The number of nitrogens with zero attached hydrogens (tertiary/aromatic N) is 1. The van der Waals surface area contributed by atoms with Crippen molar-refractivity contribution in [3.05, 3.63) is 39.7 Å². The van der Waals surface area contributed by atoms with Gasteiger partial charge in [-0.2, -0.15) is 4.39 Å². The largest absolute Gasteiger partial charge is 0.314 e. The summed E-state index contributed by atoms with van der Waals surface area (Å²) in [5.41, 5.74) is 0.346. The topological polar surface area (TPSA) is 55.2 Å². The second-order valence-electron chi connectivity index (χ2n) is 5.90. The van der Waals surface area contributed by atoms with E-state index in [2.05, 4.69) is 33.0 Å². The van der Waals surface area contributed by atoms with Gasteiger partial charge in [-0.15, -0.1) is 0 Å². The SMILES string of the molecule is CCCNC(C)C(Cc1ccc([N+](=O)[O-])c(F)c1)C(C)C. The lowest BCUT2D eigenvalue weighted by molar-refractivity contribution is -0.387. The summed E-state index contributed by atoms with van der Waals surface area (Å²) in [6.45, 7) is 9.52. The monoisotopic (exact) mass is 296 g/mol. The highest BCUT2D eigenvalue weighted by atomic mass is 19.1. The summed E-state index contributed by atoms with van der Waals surface area (Å²) in [4.78, 5) is 9.96. The Balaban J connectivity index is 2.84. The molecule has 1 aromatic carbocycles. The summed E-state index contributed by atoms with van der Waals surface area (Å²) in [5, 5.41) is 14.1. The van der Waals surface area contributed by atoms with Crippen LogP contribution in [0, 0.1) is 27.8 Å². The number of nitro benzene ring substituents is 1. The normalized spacial score (nSPS) is 14.2. The Bertz CT molecular complexity index is 477. The lowest BCUT2D eigenvalue weighted by atomic mass is 9.84. The summed E-state index contributed by atoms with van der Waals surface area (Å²) in [7, 11) is 0. The first-order chi connectivity index (χ1) is 9.86. The fourth-order valence-electron chi connectivity index (χ4n) is 2.61. The lowest BCUT2D eigenvalue weighted by Gasteiger charge is -2.28. The van der Waals surface area contributed by atoms with E-state index in [0.29, 0.717) is 24.3 Å². The van der Waals surface area contributed by atoms with Crippen molar-refractivity contribution < 1.29 is 9.31 Å². The molecule has 0 aliphatic heterocycles. The van der Waals surface area contributed by atoms with Gasteiger partial charge < -0.3 is 5.32 Å². The van der Waals surface area contributed by atoms with E-state index in [1.54, 1.807) is 6.07 Å². The van der Waals surface area contributed by atoms with Gasteiger partial charge in [0.1, 0.15) is 0 Å². The molecule has 0 bridgehead atoms. The maximum Gasteiger partial charge on any atom is 0.304 e. The summed E-state index contributed by atoms with van der Waals surface area (Å²) >= 11 is 0. The number of halogens is 1. The van der Waals surface area contributed by atoms with E-state index in [1.165, 1.54) is 12.1 Å². The Labute approximate surface area is 125 Å². The van der Waals surface area contributed by atoms with Gasteiger partial charge in [-0.25, -0.2) is 0 Å². The van der Waals surface area contributed by atoms with Gasteiger partial charge in [0, 0.05) is 12.1 Å². The lowest BCUT2D eigenvalue weighted by Crippen LogP contribution is -2.37. The first-order valence-electron chi connectivity index (χ1n) is 7.53. The summed E-state index contributed by atoms with van der Waals surface area (Å²) in [5.74, 6) is 0.0502. The van der Waals surface area contributed by atoms with Gasteiger partial charge >= 0.3 is 5.69 Å². The Morgan fingerprint density at radius 1 is 1.33 bits per heavy atom. The third kappa shape index (κ3) is 5.08. The van der Waals surface area contributed by atoms with Gasteiger partial charge in [-0.3, -0.25) is 10.1 Å².